The molecule has 0 aliphatic heterocycles. The van der Waals surface area contributed by atoms with E-state index in [0.717, 1.165) is 16.7 Å². The van der Waals surface area contributed by atoms with E-state index >= 15 is 0 Å². The Bertz CT molecular complexity index is 1580. The molecule has 33 heavy (non-hydrogen) atoms. The molecular formula is C26H19N5O2. The first-order valence-corrected chi connectivity index (χ1v) is 10.4. The molecule has 5 rings (SSSR count). The maximum absolute atomic E-state index is 12.7. The van der Waals surface area contributed by atoms with Crippen LogP contribution in [0.3, 0.4) is 0 Å². The number of hydrogen-bond donors (Lipinski definition) is 0. The molecule has 5 aromatic rings. The minimum Gasteiger partial charge on any atom is -0.454 e. The van der Waals surface area contributed by atoms with Crippen molar-refractivity contribution < 1.29 is 4.42 Å². The monoisotopic (exact) mass is 433 g/mol. The number of para-hydroxylation sites is 2. The van der Waals surface area contributed by atoms with Crippen LogP contribution in [0.25, 0.3) is 28.1 Å². The van der Waals surface area contributed by atoms with Gasteiger partial charge in [-0.1, -0.05) is 36.4 Å². The van der Waals surface area contributed by atoms with E-state index in [1.54, 1.807) is 30.8 Å². The fourth-order valence-corrected chi connectivity index (χ4v) is 3.77. The van der Waals surface area contributed by atoms with E-state index in [9.17, 15) is 10.1 Å². The van der Waals surface area contributed by atoms with Crippen LogP contribution in [-0.4, -0.2) is 20.7 Å². The number of furan rings is 1. The van der Waals surface area contributed by atoms with Crippen molar-refractivity contribution in [3.8, 4) is 23.2 Å². The Balaban J connectivity index is 1.66. The molecule has 0 fully saturated rings. The van der Waals surface area contributed by atoms with Crippen molar-refractivity contribution in [3.63, 3.8) is 0 Å². The Hall–Kier alpha value is -4.70. The van der Waals surface area contributed by atoms with Crippen LogP contribution in [0.5, 0.6) is 0 Å². The highest BCUT2D eigenvalue weighted by Gasteiger charge is 2.16. The fraction of sp³-hybridized carbons (Fsp3) is 0.0769. The van der Waals surface area contributed by atoms with Gasteiger partial charge in [0.05, 0.1) is 11.9 Å². The predicted molar refractivity (Wildman–Crippen MR) is 127 cm³/mol. The molecule has 7 nitrogen and oxygen atoms in total. The molecule has 0 spiro atoms. The van der Waals surface area contributed by atoms with E-state index < -0.39 is 5.56 Å². The highest BCUT2D eigenvalue weighted by Crippen LogP contribution is 2.29. The van der Waals surface area contributed by atoms with Crippen LogP contribution >= 0.6 is 0 Å². The van der Waals surface area contributed by atoms with Gasteiger partial charge >= 0.3 is 0 Å². The second-order valence-corrected chi connectivity index (χ2v) is 7.68. The maximum atomic E-state index is 12.7. The minimum absolute atomic E-state index is 0.0789. The van der Waals surface area contributed by atoms with Gasteiger partial charge < -0.3 is 4.42 Å². The number of nitrogens with zero attached hydrogens (tertiary/aromatic N) is 5. The van der Waals surface area contributed by atoms with Crippen molar-refractivity contribution in [1.82, 2.24) is 14.5 Å². The molecule has 0 aliphatic carbocycles. The van der Waals surface area contributed by atoms with E-state index in [-0.39, 0.29) is 5.56 Å². The number of fused-ring (bicyclic) bond motifs is 1. The van der Waals surface area contributed by atoms with Gasteiger partial charge in [-0.3, -0.25) is 4.79 Å². The molecule has 0 radical (unpaired) electrons. The molecule has 160 valence electrons. The lowest BCUT2D eigenvalue weighted by molar-refractivity contribution is 0.627. The van der Waals surface area contributed by atoms with Crippen LogP contribution in [-0.2, 0) is 0 Å². The molecule has 0 aliphatic rings. The Morgan fingerprint density at radius 2 is 1.82 bits per heavy atom. The molecule has 0 atom stereocenters. The van der Waals surface area contributed by atoms with E-state index in [4.69, 9.17) is 9.52 Å². The highest BCUT2D eigenvalue weighted by atomic mass is 16.3. The SMILES string of the molecule is Cc1cc(C)n(/N=C/c2cn(-c3ccccc3)nc2-c2cc3ccccc3o2)c(=O)c1C#N. The van der Waals surface area contributed by atoms with E-state index in [1.165, 1.54) is 4.68 Å². The third-order valence-electron chi connectivity index (χ3n) is 5.41. The van der Waals surface area contributed by atoms with Gasteiger partial charge in [0.2, 0.25) is 0 Å². The second-order valence-electron chi connectivity index (χ2n) is 7.68. The quantitative estimate of drug-likeness (QED) is 0.380. The smallest absolute Gasteiger partial charge is 0.289 e. The van der Waals surface area contributed by atoms with Crippen molar-refractivity contribution in [1.29, 1.82) is 5.26 Å². The average molecular weight is 433 g/mol. The third kappa shape index (κ3) is 3.64. The molecule has 3 heterocycles. The van der Waals surface area contributed by atoms with E-state index in [2.05, 4.69) is 5.10 Å². The molecule has 0 bridgehead atoms. The van der Waals surface area contributed by atoms with Crippen molar-refractivity contribution in [3.05, 3.63) is 106 Å². The standard InChI is InChI=1S/C26H19N5O2/c1-17-12-18(2)31(26(32)22(17)14-27)28-15-20-16-30(21-9-4-3-5-10-21)29-25(20)24-13-19-8-6-7-11-23(19)33-24/h3-13,15-16H,1-2H3/b28-15+. The van der Waals surface area contributed by atoms with Crippen molar-refractivity contribution in [2.45, 2.75) is 13.8 Å². The Kier molecular flexibility index (Phi) is 4.96. The average Bonchev–Trinajstić information content (AvgIpc) is 3.44. The number of aryl methyl sites for hydroxylation is 2. The van der Waals surface area contributed by atoms with E-state index in [0.29, 0.717) is 28.3 Å². The lowest BCUT2D eigenvalue weighted by atomic mass is 10.1. The Labute approximate surface area is 189 Å². The van der Waals surface area contributed by atoms with Gasteiger partial charge in [-0.05, 0) is 49.7 Å². The van der Waals surface area contributed by atoms with Gasteiger partial charge in [-0.25, -0.2) is 9.36 Å². The number of rotatable bonds is 4. The molecule has 0 N–H and O–H groups in total. The van der Waals surface area contributed by atoms with Crippen LogP contribution in [0.15, 0.2) is 87.2 Å². The molecule has 0 amide bonds. The van der Waals surface area contributed by atoms with Crippen molar-refractivity contribution in [2.24, 2.45) is 5.10 Å². The summed E-state index contributed by atoms with van der Waals surface area (Å²) in [7, 11) is 0. The number of hydrogen-bond acceptors (Lipinski definition) is 5. The molecule has 0 saturated carbocycles. The number of nitriles is 1. The normalized spacial score (nSPS) is 11.3. The summed E-state index contributed by atoms with van der Waals surface area (Å²) in [5, 5.41) is 19.5. The number of aromatic nitrogens is 3. The summed E-state index contributed by atoms with van der Waals surface area (Å²) in [4.78, 5) is 12.7. The van der Waals surface area contributed by atoms with E-state index in [1.807, 2.05) is 72.9 Å². The Morgan fingerprint density at radius 1 is 1.06 bits per heavy atom. The third-order valence-corrected chi connectivity index (χ3v) is 5.41. The fourth-order valence-electron chi connectivity index (χ4n) is 3.77. The molecule has 0 saturated heterocycles. The summed E-state index contributed by atoms with van der Waals surface area (Å²) in [5.41, 5.74) is 3.79. The largest absolute Gasteiger partial charge is 0.454 e. The zero-order valence-corrected chi connectivity index (χ0v) is 18.1. The lowest BCUT2D eigenvalue weighted by Gasteiger charge is -2.06. The van der Waals surface area contributed by atoms with Gasteiger partial charge in [0, 0.05) is 22.8 Å². The summed E-state index contributed by atoms with van der Waals surface area (Å²) < 4.78 is 9.02. The van der Waals surface area contributed by atoms with Gasteiger partial charge in [0.15, 0.2) is 5.76 Å². The highest BCUT2D eigenvalue weighted by molar-refractivity contribution is 5.90. The minimum atomic E-state index is -0.452. The van der Waals surface area contributed by atoms with Gasteiger partial charge in [0.1, 0.15) is 22.9 Å². The molecular weight excluding hydrogens is 414 g/mol. The summed E-state index contributed by atoms with van der Waals surface area (Å²) in [6.45, 7) is 3.52. The molecule has 0 unspecified atom stereocenters. The summed E-state index contributed by atoms with van der Waals surface area (Å²) in [6.07, 6.45) is 3.40. The summed E-state index contributed by atoms with van der Waals surface area (Å²) >= 11 is 0. The van der Waals surface area contributed by atoms with Gasteiger partial charge in [-0.2, -0.15) is 15.5 Å². The maximum Gasteiger partial charge on any atom is 0.289 e. The summed E-state index contributed by atoms with van der Waals surface area (Å²) in [5.74, 6) is 0.595. The van der Waals surface area contributed by atoms with Crippen LogP contribution in [0.4, 0.5) is 0 Å². The van der Waals surface area contributed by atoms with Crippen molar-refractivity contribution in [2.75, 3.05) is 0 Å². The number of pyridine rings is 1. The first-order valence-electron chi connectivity index (χ1n) is 10.4. The predicted octanol–water partition coefficient (Wildman–Crippen LogP) is 4.82. The van der Waals surface area contributed by atoms with Crippen LogP contribution < -0.4 is 5.56 Å². The van der Waals surface area contributed by atoms with Crippen LogP contribution in [0, 0.1) is 25.2 Å². The summed E-state index contributed by atoms with van der Waals surface area (Å²) in [6, 6.07) is 23.1. The van der Waals surface area contributed by atoms with Gasteiger partial charge in [-0.15, -0.1) is 0 Å². The molecule has 2 aromatic carbocycles. The van der Waals surface area contributed by atoms with Crippen LogP contribution in [0.2, 0.25) is 0 Å². The number of benzene rings is 2. The lowest BCUT2D eigenvalue weighted by Crippen LogP contribution is -2.22. The zero-order chi connectivity index (χ0) is 22.9. The zero-order valence-electron chi connectivity index (χ0n) is 18.1. The molecule has 7 heteroatoms. The first kappa shape index (κ1) is 20.2. The topological polar surface area (TPSA) is 89.1 Å². The molecule has 3 aromatic heterocycles. The van der Waals surface area contributed by atoms with Crippen LogP contribution in [0.1, 0.15) is 22.4 Å². The first-order chi connectivity index (χ1) is 16.0. The van der Waals surface area contributed by atoms with Crippen molar-refractivity contribution >= 4 is 17.2 Å². The Morgan fingerprint density at radius 3 is 2.58 bits per heavy atom. The second kappa shape index (κ2) is 8.09. The van der Waals surface area contributed by atoms with Gasteiger partial charge in [0.25, 0.3) is 5.56 Å².